The van der Waals surface area contributed by atoms with Crippen LogP contribution in [0.15, 0.2) is 78.9 Å². The van der Waals surface area contributed by atoms with E-state index in [4.69, 9.17) is 4.74 Å². The van der Waals surface area contributed by atoms with E-state index < -0.39 is 0 Å². The molecule has 0 radical (unpaired) electrons. The Morgan fingerprint density at radius 2 is 1.50 bits per heavy atom. The van der Waals surface area contributed by atoms with E-state index >= 15 is 0 Å². The van der Waals surface area contributed by atoms with Gasteiger partial charge in [-0.15, -0.1) is 0 Å². The molecule has 0 bridgehead atoms. The third kappa shape index (κ3) is 5.76. The van der Waals surface area contributed by atoms with Crippen molar-refractivity contribution in [3.8, 4) is 5.75 Å². The van der Waals surface area contributed by atoms with Gasteiger partial charge >= 0.3 is 0 Å². The average Bonchev–Trinajstić information content (AvgIpc) is 2.79. The zero-order chi connectivity index (χ0) is 23.1. The monoisotopic (exact) mass is 430 g/mol. The van der Waals surface area contributed by atoms with E-state index in [0.29, 0.717) is 23.5 Å². The lowest BCUT2D eigenvalue weighted by Crippen LogP contribution is -2.32. The second-order valence-corrected chi connectivity index (χ2v) is 8.54. The van der Waals surface area contributed by atoms with E-state index in [1.54, 1.807) is 29.2 Å². The number of nitrogens with one attached hydrogen (secondary N) is 1. The summed E-state index contributed by atoms with van der Waals surface area (Å²) in [5.41, 5.74) is 2.95. The molecule has 0 fully saturated rings. The van der Waals surface area contributed by atoms with Crippen molar-refractivity contribution in [3.63, 3.8) is 0 Å². The predicted octanol–water partition coefficient (Wildman–Crippen LogP) is 5.67. The van der Waals surface area contributed by atoms with Crippen LogP contribution >= 0.6 is 0 Å². The predicted molar refractivity (Wildman–Crippen MR) is 130 cm³/mol. The van der Waals surface area contributed by atoms with Gasteiger partial charge in [0.15, 0.2) is 6.61 Å². The lowest BCUT2D eigenvalue weighted by molar-refractivity contribution is -0.118. The molecule has 0 aliphatic heterocycles. The molecule has 0 spiro atoms. The first kappa shape index (κ1) is 23.1. The molecule has 166 valence electrons. The number of amides is 2. The van der Waals surface area contributed by atoms with Crippen LogP contribution in [0.4, 0.5) is 11.4 Å². The van der Waals surface area contributed by atoms with Crippen LogP contribution in [0.2, 0.25) is 0 Å². The van der Waals surface area contributed by atoms with Gasteiger partial charge in [-0.2, -0.15) is 0 Å². The van der Waals surface area contributed by atoms with E-state index in [0.717, 1.165) is 5.69 Å². The summed E-state index contributed by atoms with van der Waals surface area (Å²) < 4.78 is 5.64. The molecule has 5 heteroatoms. The van der Waals surface area contributed by atoms with Gasteiger partial charge in [0, 0.05) is 12.2 Å². The molecule has 0 aromatic heterocycles. The number of carbonyl (C=O) groups excluding carboxylic acids is 2. The van der Waals surface area contributed by atoms with Gasteiger partial charge < -0.3 is 15.0 Å². The normalized spacial score (nSPS) is 11.0. The first-order valence-corrected chi connectivity index (χ1v) is 10.8. The zero-order valence-electron chi connectivity index (χ0n) is 19.1. The molecule has 1 N–H and O–H groups in total. The third-order valence-electron chi connectivity index (χ3n) is 5.15. The molecule has 0 aliphatic carbocycles. The minimum absolute atomic E-state index is 0.0538. The summed E-state index contributed by atoms with van der Waals surface area (Å²) >= 11 is 0. The molecular weight excluding hydrogens is 400 g/mol. The highest BCUT2D eigenvalue weighted by Gasteiger charge is 2.20. The number of hydrogen-bond donors (Lipinski definition) is 1. The van der Waals surface area contributed by atoms with E-state index in [9.17, 15) is 9.59 Å². The fraction of sp³-hybridized carbons (Fsp3) is 0.259. The maximum Gasteiger partial charge on any atom is 0.262 e. The van der Waals surface area contributed by atoms with Crippen molar-refractivity contribution in [1.82, 2.24) is 0 Å². The first-order chi connectivity index (χ1) is 15.3. The maximum atomic E-state index is 13.2. The standard InChI is InChI=1S/C27H30N2O3/c1-5-29(21-11-7-6-8-12-21)26(31)23-13-9-10-14-24(23)28-25(30)19-32-22-17-15-20(16-18-22)27(2,3)4/h6-18H,5,19H2,1-4H3,(H,28,30). The summed E-state index contributed by atoms with van der Waals surface area (Å²) in [6.07, 6.45) is 0. The van der Waals surface area contributed by atoms with E-state index in [-0.39, 0.29) is 23.8 Å². The third-order valence-corrected chi connectivity index (χ3v) is 5.15. The van der Waals surface area contributed by atoms with Gasteiger partial charge in [0.05, 0.1) is 11.3 Å². The van der Waals surface area contributed by atoms with Crippen LogP contribution in [0.5, 0.6) is 5.75 Å². The smallest absolute Gasteiger partial charge is 0.262 e. The van der Waals surface area contributed by atoms with Gasteiger partial charge in [-0.3, -0.25) is 9.59 Å². The second kappa shape index (κ2) is 10.1. The summed E-state index contributed by atoms with van der Waals surface area (Å²) in [5, 5.41) is 2.82. The number of para-hydroxylation sites is 2. The zero-order valence-corrected chi connectivity index (χ0v) is 19.1. The van der Waals surface area contributed by atoms with Crippen molar-refractivity contribution < 1.29 is 14.3 Å². The highest BCUT2D eigenvalue weighted by molar-refractivity contribution is 6.11. The Labute approximate surface area is 190 Å². The topological polar surface area (TPSA) is 58.6 Å². The molecule has 3 aromatic rings. The lowest BCUT2D eigenvalue weighted by atomic mass is 9.87. The molecule has 0 atom stereocenters. The van der Waals surface area contributed by atoms with Crippen molar-refractivity contribution in [2.24, 2.45) is 0 Å². The molecule has 3 aromatic carbocycles. The molecule has 5 nitrogen and oxygen atoms in total. The molecule has 0 saturated carbocycles. The molecule has 3 rings (SSSR count). The number of hydrogen-bond acceptors (Lipinski definition) is 3. The van der Waals surface area contributed by atoms with Crippen LogP contribution in [0.25, 0.3) is 0 Å². The second-order valence-electron chi connectivity index (χ2n) is 8.54. The summed E-state index contributed by atoms with van der Waals surface area (Å²) in [5.74, 6) is 0.125. The summed E-state index contributed by atoms with van der Waals surface area (Å²) in [6, 6.07) is 24.2. The Bertz CT molecular complexity index is 1050. The van der Waals surface area contributed by atoms with Crippen molar-refractivity contribution >= 4 is 23.2 Å². The quantitative estimate of drug-likeness (QED) is 0.525. The van der Waals surface area contributed by atoms with Crippen LogP contribution in [-0.4, -0.2) is 25.0 Å². The highest BCUT2D eigenvalue weighted by atomic mass is 16.5. The number of benzene rings is 3. The summed E-state index contributed by atoms with van der Waals surface area (Å²) in [4.78, 5) is 27.4. The van der Waals surface area contributed by atoms with Crippen LogP contribution < -0.4 is 15.0 Å². The molecular formula is C27H30N2O3. The number of carbonyl (C=O) groups is 2. The van der Waals surface area contributed by atoms with E-state index in [2.05, 4.69) is 26.1 Å². The fourth-order valence-corrected chi connectivity index (χ4v) is 3.36. The minimum Gasteiger partial charge on any atom is -0.484 e. The largest absolute Gasteiger partial charge is 0.484 e. The SMILES string of the molecule is CCN(C(=O)c1ccccc1NC(=O)COc1ccc(C(C)(C)C)cc1)c1ccccc1. The van der Waals surface area contributed by atoms with Crippen LogP contribution in [-0.2, 0) is 10.2 Å². The molecule has 0 saturated heterocycles. The Morgan fingerprint density at radius 1 is 0.875 bits per heavy atom. The Kier molecular flexibility index (Phi) is 7.31. The van der Waals surface area contributed by atoms with Crippen LogP contribution in [0, 0.1) is 0 Å². The summed E-state index contributed by atoms with van der Waals surface area (Å²) in [6.45, 7) is 8.72. The van der Waals surface area contributed by atoms with Gasteiger partial charge in [-0.05, 0) is 54.3 Å². The maximum absolute atomic E-state index is 13.2. The van der Waals surface area contributed by atoms with Crippen LogP contribution in [0.1, 0.15) is 43.6 Å². The molecule has 0 heterocycles. The average molecular weight is 431 g/mol. The van der Waals surface area contributed by atoms with E-state index in [1.165, 1.54) is 5.56 Å². The Balaban J connectivity index is 1.68. The Morgan fingerprint density at radius 3 is 2.12 bits per heavy atom. The van der Waals surface area contributed by atoms with Gasteiger partial charge in [-0.25, -0.2) is 0 Å². The van der Waals surface area contributed by atoms with Gasteiger partial charge in [0.2, 0.25) is 0 Å². The molecule has 0 unspecified atom stereocenters. The van der Waals surface area contributed by atoms with E-state index in [1.807, 2.05) is 61.5 Å². The fourth-order valence-electron chi connectivity index (χ4n) is 3.36. The molecule has 32 heavy (non-hydrogen) atoms. The highest BCUT2D eigenvalue weighted by Crippen LogP contribution is 2.25. The van der Waals surface area contributed by atoms with Gasteiger partial charge in [0.1, 0.15) is 5.75 Å². The number of anilines is 2. The van der Waals surface area contributed by atoms with Crippen molar-refractivity contribution in [3.05, 3.63) is 90.0 Å². The summed E-state index contributed by atoms with van der Waals surface area (Å²) in [7, 11) is 0. The Hall–Kier alpha value is -3.60. The molecule has 0 aliphatic rings. The van der Waals surface area contributed by atoms with Crippen molar-refractivity contribution in [2.45, 2.75) is 33.1 Å². The van der Waals surface area contributed by atoms with Gasteiger partial charge in [-0.1, -0.05) is 63.2 Å². The lowest BCUT2D eigenvalue weighted by Gasteiger charge is -2.22. The van der Waals surface area contributed by atoms with Crippen molar-refractivity contribution in [1.29, 1.82) is 0 Å². The number of ether oxygens (including phenoxy) is 1. The minimum atomic E-state index is -0.326. The van der Waals surface area contributed by atoms with Gasteiger partial charge in [0.25, 0.3) is 11.8 Å². The van der Waals surface area contributed by atoms with Crippen molar-refractivity contribution in [2.75, 3.05) is 23.4 Å². The first-order valence-electron chi connectivity index (χ1n) is 10.8. The van der Waals surface area contributed by atoms with Crippen LogP contribution in [0.3, 0.4) is 0 Å². The number of rotatable bonds is 7. The molecule has 2 amide bonds. The number of nitrogens with zero attached hydrogens (tertiary/aromatic N) is 1.